The number of anilines is 2. The van der Waals surface area contributed by atoms with Crippen molar-refractivity contribution < 1.29 is 5.11 Å². The minimum absolute atomic E-state index is 0.286. The first-order valence-corrected chi connectivity index (χ1v) is 6.84. The summed E-state index contributed by atoms with van der Waals surface area (Å²) in [6.45, 7) is 0.423. The fourth-order valence-electron chi connectivity index (χ4n) is 1.75. The molecule has 1 unspecified atom stereocenters. The number of nitrogens with two attached hydrogens (primary N) is 1. The highest BCUT2D eigenvalue weighted by Crippen LogP contribution is 2.20. The van der Waals surface area contributed by atoms with Crippen LogP contribution in [0.4, 0.5) is 11.4 Å². The summed E-state index contributed by atoms with van der Waals surface area (Å²) >= 11 is 1.56. The molecule has 0 amide bonds. The lowest BCUT2D eigenvalue weighted by Gasteiger charge is -2.13. The third-order valence-corrected chi connectivity index (χ3v) is 3.54. The van der Waals surface area contributed by atoms with Gasteiger partial charge in [-0.2, -0.15) is 16.6 Å². The molecule has 0 radical (unpaired) electrons. The molecule has 0 aliphatic carbocycles. The maximum Gasteiger partial charge on any atom is 0.0970 e. The Kier molecular flexibility index (Phi) is 4.39. The number of aliphatic hydroxyl groups excluding tert-OH is 1. The minimum Gasteiger partial charge on any atom is -0.398 e. The second-order valence-corrected chi connectivity index (χ2v) is 4.98. The van der Waals surface area contributed by atoms with Gasteiger partial charge in [0.05, 0.1) is 18.6 Å². The molecule has 1 heterocycles. The van der Waals surface area contributed by atoms with Gasteiger partial charge in [0.25, 0.3) is 0 Å². The van der Waals surface area contributed by atoms with Crippen molar-refractivity contribution in [3.63, 3.8) is 0 Å². The normalized spacial score (nSPS) is 11.8. The molecular weight excluding hydrogens is 258 g/mol. The Morgan fingerprint density at radius 2 is 2.26 bits per heavy atom. The van der Waals surface area contributed by atoms with Crippen LogP contribution in [-0.4, -0.2) is 11.7 Å². The van der Waals surface area contributed by atoms with Crippen LogP contribution in [0.15, 0.2) is 35.0 Å². The van der Waals surface area contributed by atoms with Crippen LogP contribution in [0.25, 0.3) is 0 Å². The molecule has 0 aliphatic heterocycles. The van der Waals surface area contributed by atoms with E-state index in [2.05, 4.69) is 11.4 Å². The molecule has 0 saturated carbocycles. The van der Waals surface area contributed by atoms with E-state index in [0.29, 0.717) is 12.2 Å². The summed E-state index contributed by atoms with van der Waals surface area (Å²) in [6, 6.07) is 9.45. The van der Waals surface area contributed by atoms with Crippen molar-refractivity contribution in [2.45, 2.75) is 12.5 Å². The molecule has 4 N–H and O–H groups in total. The van der Waals surface area contributed by atoms with Gasteiger partial charge >= 0.3 is 0 Å². The van der Waals surface area contributed by atoms with Gasteiger partial charge in [0.2, 0.25) is 0 Å². The summed E-state index contributed by atoms with van der Waals surface area (Å²) in [6.07, 6.45) is -0.253. The highest BCUT2D eigenvalue weighted by Gasteiger charge is 2.08. The number of nitrogens with zero attached hydrogens (tertiary/aromatic N) is 1. The molecule has 0 fully saturated rings. The Hall–Kier alpha value is -2.03. The molecule has 0 bridgehead atoms. The van der Waals surface area contributed by atoms with Gasteiger partial charge in [-0.25, -0.2) is 0 Å². The van der Waals surface area contributed by atoms with Crippen LogP contribution < -0.4 is 11.1 Å². The lowest BCUT2D eigenvalue weighted by molar-refractivity contribution is 0.192. The van der Waals surface area contributed by atoms with Crippen LogP contribution in [0, 0.1) is 11.3 Å². The second kappa shape index (κ2) is 6.23. The Morgan fingerprint density at radius 3 is 2.95 bits per heavy atom. The number of benzene rings is 1. The van der Waals surface area contributed by atoms with Crippen LogP contribution in [0.2, 0.25) is 0 Å². The largest absolute Gasteiger partial charge is 0.398 e. The summed E-state index contributed by atoms with van der Waals surface area (Å²) in [7, 11) is 0. The molecule has 0 spiro atoms. The number of nitriles is 1. The van der Waals surface area contributed by atoms with E-state index in [-0.39, 0.29) is 6.42 Å². The summed E-state index contributed by atoms with van der Waals surface area (Å²) in [5.41, 5.74) is 8.96. The van der Waals surface area contributed by atoms with E-state index in [0.717, 1.165) is 16.8 Å². The van der Waals surface area contributed by atoms with Gasteiger partial charge in [-0.1, -0.05) is 0 Å². The topological polar surface area (TPSA) is 82.1 Å². The average molecular weight is 273 g/mol. The molecule has 1 atom stereocenters. The summed E-state index contributed by atoms with van der Waals surface area (Å²) in [5, 5.41) is 25.7. The molecule has 2 aromatic rings. The molecule has 0 saturated heterocycles. The number of nitrogens with one attached hydrogen (secondary N) is 1. The first-order valence-electron chi connectivity index (χ1n) is 5.90. The predicted molar refractivity (Wildman–Crippen MR) is 77.9 cm³/mol. The van der Waals surface area contributed by atoms with E-state index in [4.69, 9.17) is 11.0 Å². The van der Waals surface area contributed by atoms with Gasteiger partial charge in [-0.3, -0.25) is 0 Å². The van der Waals surface area contributed by atoms with Gasteiger partial charge < -0.3 is 16.2 Å². The van der Waals surface area contributed by atoms with E-state index in [1.807, 2.05) is 29.0 Å². The fourth-order valence-corrected chi connectivity index (χ4v) is 2.46. The van der Waals surface area contributed by atoms with Gasteiger partial charge in [-0.15, -0.1) is 0 Å². The highest BCUT2D eigenvalue weighted by atomic mass is 32.1. The van der Waals surface area contributed by atoms with Gasteiger partial charge in [0.1, 0.15) is 0 Å². The standard InChI is InChI=1S/C14H15N3OS/c15-5-3-10-7-12(1-2-13(10)16)17-8-14(18)11-4-6-19-9-11/h1-2,4,6-7,9,14,17-18H,3,8,16H2. The number of rotatable bonds is 5. The van der Waals surface area contributed by atoms with E-state index >= 15 is 0 Å². The van der Waals surface area contributed by atoms with Crippen LogP contribution in [0.5, 0.6) is 0 Å². The maximum absolute atomic E-state index is 9.97. The summed E-state index contributed by atoms with van der Waals surface area (Å²) < 4.78 is 0. The van der Waals surface area contributed by atoms with Crippen molar-refractivity contribution in [1.82, 2.24) is 0 Å². The van der Waals surface area contributed by atoms with Gasteiger partial charge in [-0.05, 0) is 46.2 Å². The SMILES string of the molecule is N#CCc1cc(NCC(O)c2ccsc2)ccc1N. The number of nitrogen functional groups attached to an aromatic ring is 1. The summed E-state index contributed by atoms with van der Waals surface area (Å²) in [4.78, 5) is 0. The van der Waals surface area contributed by atoms with Crippen molar-refractivity contribution in [2.24, 2.45) is 0 Å². The quantitative estimate of drug-likeness (QED) is 0.731. The fraction of sp³-hybridized carbons (Fsp3) is 0.214. The highest BCUT2D eigenvalue weighted by molar-refractivity contribution is 7.07. The summed E-state index contributed by atoms with van der Waals surface area (Å²) in [5.74, 6) is 0. The van der Waals surface area contributed by atoms with Crippen molar-refractivity contribution in [3.05, 3.63) is 46.2 Å². The van der Waals surface area contributed by atoms with Crippen molar-refractivity contribution in [1.29, 1.82) is 5.26 Å². The first kappa shape index (κ1) is 13.4. The molecule has 98 valence electrons. The van der Waals surface area contributed by atoms with Crippen LogP contribution in [0.3, 0.4) is 0 Å². The first-order chi connectivity index (χ1) is 9.20. The number of hydrogen-bond acceptors (Lipinski definition) is 5. The number of aliphatic hydroxyl groups is 1. The van der Waals surface area contributed by atoms with Crippen molar-refractivity contribution in [2.75, 3.05) is 17.6 Å². The van der Waals surface area contributed by atoms with Crippen LogP contribution >= 0.6 is 11.3 Å². The third-order valence-electron chi connectivity index (χ3n) is 2.84. The monoisotopic (exact) mass is 273 g/mol. The molecule has 19 heavy (non-hydrogen) atoms. The lowest BCUT2D eigenvalue weighted by atomic mass is 10.1. The zero-order valence-electron chi connectivity index (χ0n) is 10.3. The molecule has 0 aliphatic rings. The Balaban J connectivity index is 2.00. The van der Waals surface area contributed by atoms with E-state index in [9.17, 15) is 5.11 Å². The van der Waals surface area contributed by atoms with Gasteiger partial charge in [0, 0.05) is 17.9 Å². The Labute approximate surface area is 116 Å². The molecule has 1 aromatic heterocycles. The maximum atomic E-state index is 9.97. The predicted octanol–water partition coefficient (Wildman–Crippen LogP) is 2.54. The van der Waals surface area contributed by atoms with Crippen LogP contribution in [0.1, 0.15) is 17.2 Å². The molecule has 2 rings (SSSR count). The smallest absolute Gasteiger partial charge is 0.0970 e. The number of hydrogen-bond donors (Lipinski definition) is 3. The molecule has 5 heteroatoms. The van der Waals surface area contributed by atoms with E-state index in [1.165, 1.54) is 0 Å². The zero-order valence-corrected chi connectivity index (χ0v) is 11.2. The Morgan fingerprint density at radius 1 is 1.42 bits per heavy atom. The number of thiophene rings is 1. The van der Waals surface area contributed by atoms with E-state index in [1.54, 1.807) is 17.4 Å². The molecule has 1 aromatic carbocycles. The minimum atomic E-state index is -0.539. The van der Waals surface area contributed by atoms with Crippen LogP contribution in [-0.2, 0) is 6.42 Å². The second-order valence-electron chi connectivity index (χ2n) is 4.20. The molecular formula is C14H15N3OS. The van der Waals surface area contributed by atoms with E-state index < -0.39 is 6.10 Å². The van der Waals surface area contributed by atoms with Crippen molar-refractivity contribution in [3.8, 4) is 6.07 Å². The Bertz CT molecular complexity index is 575. The zero-order chi connectivity index (χ0) is 13.7. The average Bonchev–Trinajstić information content (AvgIpc) is 2.93. The lowest BCUT2D eigenvalue weighted by Crippen LogP contribution is -2.11. The third kappa shape index (κ3) is 3.47. The molecule has 4 nitrogen and oxygen atoms in total. The van der Waals surface area contributed by atoms with Gasteiger partial charge in [0.15, 0.2) is 0 Å². The van der Waals surface area contributed by atoms with Crippen molar-refractivity contribution >= 4 is 22.7 Å².